The van der Waals surface area contributed by atoms with Crippen LogP contribution in [0.2, 0.25) is 39.3 Å². The molecule has 0 aliphatic carbocycles. The molecule has 0 saturated carbocycles. The second-order valence-electron chi connectivity index (χ2n) is 7.75. The lowest BCUT2D eigenvalue weighted by atomic mass is 9.91. The first-order valence-electron chi connectivity index (χ1n) is 6.53. The minimum Gasteiger partial charge on any atom is -0.470 e. The van der Waals surface area contributed by atoms with Gasteiger partial charge in [-0.2, -0.15) is 0 Å². The molecule has 0 saturated heterocycles. The van der Waals surface area contributed by atoms with Gasteiger partial charge in [0.15, 0.2) is 0 Å². The summed E-state index contributed by atoms with van der Waals surface area (Å²) in [6.07, 6.45) is 0.829. The van der Waals surface area contributed by atoms with Crippen molar-refractivity contribution in [2.45, 2.75) is 71.8 Å². The molecule has 0 rings (SSSR count). The fraction of sp³-hybridized carbons (Fsp3) is 0.923. The second-order valence-corrected chi connectivity index (χ2v) is 18.8. The van der Waals surface area contributed by atoms with Crippen molar-refractivity contribution in [2.24, 2.45) is 5.41 Å². The van der Waals surface area contributed by atoms with Gasteiger partial charge in [-0.1, -0.05) is 46.2 Å². The molecule has 0 aromatic rings. The maximum absolute atomic E-state index is 12.2. The van der Waals surface area contributed by atoms with Crippen LogP contribution in [0.4, 0.5) is 0 Å². The largest absolute Gasteiger partial charge is 0.470 e. The fourth-order valence-corrected chi connectivity index (χ4v) is 13.4. The molecular formula is C13H30O2Si2. The molecule has 0 unspecified atom stereocenters. The molecule has 17 heavy (non-hydrogen) atoms. The summed E-state index contributed by atoms with van der Waals surface area (Å²) in [6, 6.07) is 0. The van der Waals surface area contributed by atoms with E-state index in [1.165, 1.54) is 0 Å². The number of rotatable bonds is 5. The molecule has 102 valence electrons. The van der Waals surface area contributed by atoms with Crippen LogP contribution < -0.4 is 0 Å². The second kappa shape index (κ2) is 5.26. The lowest BCUT2D eigenvalue weighted by Crippen LogP contribution is -2.57. The van der Waals surface area contributed by atoms with E-state index < -0.39 is 16.1 Å². The average Bonchev–Trinajstić information content (AvgIpc) is 2.09. The number of hydrogen-bond acceptors (Lipinski definition) is 2. The Morgan fingerprint density at radius 2 is 1.41 bits per heavy atom. The normalized spacial score (nSPS) is 14.0. The van der Waals surface area contributed by atoms with Crippen molar-refractivity contribution in [3.05, 3.63) is 0 Å². The van der Waals surface area contributed by atoms with E-state index in [2.05, 4.69) is 39.3 Å². The van der Waals surface area contributed by atoms with E-state index in [-0.39, 0.29) is 16.7 Å². The van der Waals surface area contributed by atoms with Crippen molar-refractivity contribution < 1.29 is 9.53 Å². The molecule has 0 bridgehead atoms. The number of carbonyl (C=O) groups is 1. The van der Waals surface area contributed by atoms with Crippen LogP contribution in [0.25, 0.3) is 0 Å². The van der Waals surface area contributed by atoms with Crippen LogP contribution in [0.15, 0.2) is 0 Å². The van der Waals surface area contributed by atoms with Gasteiger partial charge in [-0.3, -0.25) is 4.79 Å². The van der Waals surface area contributed by atoms with Gasteiger partial charge in [0.25, 0.3) is 0 Å². The van der Waals surface area contributed by atoms with E-state index >= 15 is 0 Å². The lowest BCUT2D eigenvalue weighted by molar-refractivity contribution is -0.154. The highest BCUT2D eigenvalue weighted by Crippen LogP contribution is 2.28. The van der Waals surface area contributed by atoms with Crippen LogP contribution in [-0.2, 0) is 9.53 Å². The maximum atomic E-state index is 12.2. The van der Waals surface area contributed by atoms with E-state index in [9.17, 15) is 4.79 Å². The quantitative estimate of drug-likeness (QED) is 0.557. The molecule has 0 N–H and O–H groups in total. The SMILES string of the molecule is CCC(C)(C)C(=O)OC([Si](C)(C)C)[Si](C)(C)C. The van der Waals surface area contributed by atoms with E-state index in [4.69, 9.17) is 4.74 Å². The highest BCUT2D eigenvalue weighted by molar-refractivity contribution is 6.96. The van der Waals surface area contributed by atoms with Crippen molar-refractivity contribution in [1.82, 2.24) is 0 Å². The Bertz CT molecular complexity index is 258. The maximum Gasteiger partial charge on any atom is 0.311 e. The smallest absolute Gasteiger partial charge is 0.311 e. The van der Waals surface area contributed by atoms with Gasteiger partial charge in [0.05, 0.1) is 26.9 Å². The third-order valence-corrected chi connectivity index (χ3v) is 11.8. The van der Waals surface area contributed by atoms with Crippen molar-refractivity contribution in [1.29, 1.82) is 0 Å². The van der Waals surface area contributed by atoms with Crippen molar-refractivity contribution in [3.63, 3.8) is 0 Å². The zero-order chi connectivity index (χ0) is 14.1. The van der Waals surface area contributed by atoms with Gasteiger partial charge in [-0.25, -0.2) is 0 Å². The molecule has 0 aromatic carbocycles. The molecule has 0 atom stereocenters. The van der Waals surface area contributed by atoms with Gasteiger partial charge in [0, 0.05) is 0 Å². The summed E-state index contributed by atoms with van der Waals surface area (Å²) in [7, 11) is -2.92. The van der Waals surface area contributed by atoms with Crippen molar-refractivity contribution in [2.75, 3.05) is 0 Å². The van der Waals surface area contributed by atoms with E-state index in [0.717, 1.165) is 6.42 Å². The average molecular weight is 275 g/mol. The summed E-state index contributed by atoms with van der Waals surface area (Å²) >= 11 is 0. The summed E-state index contributed by atoms with van der Waals surface area (Å²) in [5.74, 6) is -0.0187. The molecule has 0 heterocycles. The molecule has 0 fully saturated rings. The summed E-state index contributed by atoms with van der Waals surface area (Å²) in [4.78, 5) is 12.2. The predicted molar refractivity (Wildman–Crippen MR) is 80.6 cm³/mol. The molecular weight excluding hydrogens is 244 g/mol. The number of hydrogen-bond donors (Lipinski definition) is 0. The Labute approximate surface area is 109 Å². The van der Waals surface area contributed by atoms with Crippen LogP contribution in [0.5, 0.6) is 0 Å². The van der Waals surface area contributed by atoms with Crippen molar-refractivity contribution in [3.8, 4) is 0 Å². The van der Waals surface area contributed by atoms with Gasteiger partial charge in [-0.05, 0) is 20.3 Å². The van der Waals surface area contributed by atoms with E-state index in [1.807, 2.05) is 20.8 Å². The number of ether oxygens (including phenoxy) is 1. The number of carbonyl (C=O) groups excluding carboxylic acids is 1. The van der Waals surface area contributed by atoms with Gasteiger partial charge < -0.3 is 4.74 Å². The zero-order valence-corrected chi connectivity index (χ0v) is 15.1. The minimum absolute atomic E-state index is 0.0187. The van der Waals surface area contributed by atoms with Gasteiger partial charge in [-0.15, -0.1) is 0 Å². The first-order valence-corrected chi connectivity index (χ1v) is 13.7. The Hall–Kier alpha value is -0.0962. The van der Waals surface area contributed by atoms with Gasteiger partial charge >= 0.3 is 5.97 Å². The molecule has 0 spiro atoms. The highest BCUT2D eigenvalue weighted by atomic mass is 28.4. The Morgan fingerprint density at radius 1 is 1.06 bits per heavy atom. The van der Waals surface area contributed by atoms with Crippen LogP contribution in [-0.4, -0.2) is 27.5 Å². The fourth-order valence-electron chi connectivity index (χ4n) is 2.06. The van der Waals surface area contributed by atoms with Gasteiger partial charge in [0.2, 0.25) is 0 Å². The summed E-state index contributed by atoms with van der Waals surface area (Å²) in [5, 5.41) is 0.202. The Morgan fingerprint density at radius 3 is 1.65 bits per heavy atom. The topological polar surface area (TPSA) is 26.3 Å². The monoisotopic (exact) mass is 274 g/mol. The first-order chi connectivity index (χ1) is 7.32. The Kier molecular flexibility index (Phi) is 5.23. The lowest BCUT2D eigenvalue weighted by Gasteiger charge is -2.39. The highest BCUT2D eigenvalue weighted by Gasteiger charge is 2.42. The number of esters is 1. The van der Waals surface area contributed by atoms with E-state index in [0.29, 0.717) is 0 Å². The molecule has 0 radical (unpaired) electrons. The molecule has 0 amide bonds. The standard InChI is InChI=1S/C13H30O2Si2/c1-10-13(2,3)11(14)15-12(16(4,5)6)17(7,8)9/h12H,10H2,1-9H3. The third kappa shape index (κ3) is 4.96. The van der Waals surface area contributed by atoms with Crippen LogP contribution in [0, 0.1) is 5.41 Å². The first kappa shape index (κ1) is 16.9. The van der Waals surface area contributed by atoms with E-state index in [1.54, 1.807) is 0 Å². The summed E-state index contributed by atoms with van der Waals surface area (Å²) in [5.41, 5.74) is -0.350. The van der Waals surface area contributed by atoms with Gasteiger partial charge in [0.1, 0.15) is 0 Å². The zero-order valence-electron chi connectivity index (χ0n) is 13.1. The third-order valence-electron chi connectivity index (χ3n) is 3.23. The molecule has 0 aliphatic rings. The Balaban J connectivity index is 4.99. The van der Waals surface area contributed by atoms with Crippen LogP contribution >= 0.6 is 0 Å². The molecule has 2 nitrogen and oxygen atoms in total. The molecule has 4 heteroatoms. The van der Waals surface area contributed by atoms with Crippen molar-refractivity contribution >= 4 is 22.1 Å². The van der Waals surface area contributed by atoms with Crippen LogP contribution in [0.3, 0.4) is 0 Å². The summed E-state index contributed by atoms with van der Waals surface area (Å²) < 4.78 is 5.92. The predicted octanol–water partition coefficient (Wildman–Crippen LogP) is 4.09. The van der Waals surface area contributed by atoms with Crippen LogP contribution in [0.1, 0.15) is 27.2 Å². The molecule has 0 aromatic heterocycles. The molecule has 0 aliphatic heterocycles. The minimum atomic E-state index is -1.46. The summed E-state index contributed by atoms with van der Waals surface area (Å²) in [6.45, 7) is 19.7.